The molecule has 5 heteroatoms. The number of rotatable bonds is 5. The van der Waals surface area contributed by atoms with E-state index in [0.29, 0.717) is 19.4 Å². The van der Waals surface area contributed by atoms with Crippen molar-refractivity contribution < 1.29 is 14.3 Å². The lowest BCUT2D eigenvalue weighted by molar-refractivity contribution is -0.133. The molecule has 1 aliphatic heterocycles. The third-order valence-electron chi connectivity index (χ3n) is 4.52. The van der Waals surface area contributed by atoms with Gasteiger partial charge in [-0.25, -0.2) is 0 Å². The number of nitrogens with zero attached hydrogens (tertiary/aromatic N) is 1. The van der Waals surface area contributed by atoms with Crippen LogP contribution in [0.3, 0.4) is 0 Å². The summed E-state index contributed by atoms with van der Waals surface area (Å²) >= 11 is 3.53. The lowest BCUT2D eigenvalue weighted by Gasteiger charge is -2.31. The smallest absolute Gasteiger partial charge is 0.223 e. The van der Waals surface area contributed by atoms with Gasteiger partial charge in [-0.15, -0.1) is 0 Å². The van der Waals surface area contributed by atoms with Crippen LogP contribution < -0.4 is 0 Å². The van der Waals surface area contributed by atoms with Gasteiger partial charge < -0.3 is 14.4 Å². The summed E-state index contributed by atoms with van der Waals surface area (Å²) in [5, 5.41) is 9.28. The van der Waals surface area contributed by atoms with Crippen molar-refractivity contribution in [3.63, 3.8) is 0 Å². The number of amides is 1. The molecule has 2 aromatic rings. The number of furan rings is 1. The standard InChI is InChI=1S/C19H22BrNO3/c20-17-6-2-1-5-16(17)18-9-7-15(24-18)8-10-19(23)21-11-3-4-14(12-21)13-22/h1-2,5-7,9,14,22H,3-4,8,10-13H2. The Labute approximate surface area is 150 Å². The van der Waals surface area contributed by atoms with Crippen LogP contribution in [0.1, 0.15) is 25.0 Å². The largest absolute Gasteiger partial charge is 0.461 e. The maximum Gasteiger partial charge on any atom is 0.223 e. The maximum absolute atomic E-state index is 12.4. The molecule has 0 aliphatic carbocycles. The molecule has 3 rings (SSSR count). The number of aliphatic hydroxyl groups excluding tert-OH is 1. The first-order chi connectivity index (χ1) is 11.7. The molecule has 1 atom stereocenters. The van der Waals surface area contributed by atoms with Crippen molar-refractivity contribution in [2.24, 2.45) is 5.92 Å². The van der Waals surface area contributed by atoms with Crippen molar-refractivity contribution in [2.45, 2.75) is 25.7 Å². The van der Waals surface area contributed by atoms with Crippen molar-refractivity contribution >= 4 is 21.8 Å². The van der Waals surface area contributed by atoms with Crippen LogP contribution in [0.5, 0.6) is 0 Å². The predicted molar refractivity (Wildman–Crippen MR) is 96.6 cm³/mol. The molecule has 1 aromatic carbocycles. The summed E-state index contributed by atoms with van der Waals surface area (Å²) in [6, 6.07) is 11.8. The van der Waals surface area contributed by atoms with Crippen molar-refractivity contribution in [3.05, 3.63) is 46.6 Å². The molecule has 2 heterocycles. The predicted octanol–water partition coefficient (Wildman–Crippen LogP) is 3.87. The van der Waals surface area contributed by atoms with E-state index in [1.807, 2.05) is 41.3 Å². The van der Waals surface area contributed by atoms with E-state index in [-0.39, 0.29) is 18.4 Å². The highest BCUT2D eigenvalue weighted by molar-refractivity contribution is 9.10. The summed E-state index contributed by atoms with van der Waals surface area (Å²) in [7, 11) is 0. The highest BCUT2D eigenvalue weighted by Crippen LogP contribution is 2.29. The van der Waals surface area contributed by atoms with Crippen molar-refractivity contribution in [1.82, 2.24) is 4.90 Å². The maximum atomic E-state index is 12.4. The number of likely N-dealkylation sites (tertiary alicyclic amines) is 1. The number of benzene rings is 1. The summed E-state index contributed by atoms with van der Waals surface area (Å²) in [6.45, 7) is 1.64. The normalized spacial score (nSPS) is 17.9. The number of halogens is 1. The van der Waals surface area contributed by atoms with Gasteiger partial charge in [0.15, 0.2) is 0 Å². The average Bonchev–Trinajstić information content (AvgIpc) is 3.09. The Hall–Kier alpha value is -1.59. The second-order valence-corrected chi connectivity index (χ2v) is 7.13. The SMILES string of the molecule is O=C(CCc1ccc(-c2ccccc2Br)o1)N1CCCC(CO)C1. The van der Waals surface area contributed by atoms with Crippen LogP contribution in [-0.4, -0.2) is 35.6 Å². The van der Waals surface area contributed by atoms with Crippen LogP contribution in [-0.2, 0) is 11.2 Å². The van der Waals surface area contributed by atoms with Crippen LogP contribution in [0.4, 0.5) is 0 Å². The van der Waals surface area contributed by atoms with Crippen molar-refractivity contribution in [3.8, 4) is 11.3 Å². The number of carbonyl (C=O) groups is 1. The van der Waals surface area contributed by atoms with E-state index < -0.39 is 0 Å². The minimum Gasteiger partial charge on any atom is -0.461 e. The Morgan fingerprint density at radius 1 is 1.29 bits per heavy atom. The molecule has 4 nitrogen and oxygen atoms in total. The molecule has 1 unspecified atom stereocenters. The Bertz CT molecular complexity index is 697. The fourth-order valence-corrected chi connectivity index (χ4v) is 3.63. The van der Waals surface area contributed by atoms with Crippen LogP contribution in [0.15, 0.2) is 45.3 Å². The van der Waals surface area contributed by atoms with Gasteiger partial charge in [-0.3, -0.25) is 4.79 Å². The van der Waals surface area contributed by atoms with Crippen LogP contribution in [0.25, 0.3) is 11.3 Å². The van der Waals surface area contributed by atoms with E-state index >= 15 is 0 Å². The topological polar surface area (TPSA) is 53.7 Å². The molecular formula is C19H22BrNO3. The summed E-state index contributed by atoms with van der Waals surface area (Å²) < 4.78 is 6.88. The van der Waals surface area contributed by atoms with Gasteiger partial charge in [0.05, 0.1) is 0 Å². The summed E-state index contributed by atoms with van der Waals surface area (Å²) in [4.78, 5) is 14.2. The molecule has 24 heavy (non-hydrogen) atoms. The molecular weight excluding hydrogens is 370 g/mol. The second-order valence-electron chi connectivity index (χ2n) is 6.28. The first-order valence-electron chi connectivity index (χ1n) is 8.39. The Balaban J connectivity index is 1.57. The Morgan fingerprint density at radius 3 is 2.92 bits per heavy atom. The van der Waals surface area contributed by atoms with Gasteiger partial charge in [0.2, 0.25) is 5.91 Å². The number of carbonyl (C=O) groups excluding carboxylic acids is 1. The number of aliphatic hydroxyl groups is 1. The van der Waals surface area contributed by atoms with Gasteiger partial charge in [0, 0.05) is 42.6 Å². The van der Waals surface area contributed by atoms with Gasteiger partial charge in [-0.2, -0.15) is 0 Å². The minimum absolute atomic E-state index is 0.145. The summed E-state index contributed by atoms with van der Waals surface area (Å²) in [5.41, 5.74) is 1.01. The molecule has 1 amide bonds. The molecule has 1 aromatic heterocycles. The van der Waals surface area contributed by atoms with Crippen molar-refractivity contribution in [1.29, 1.82) is 0 Å². The Kier molecular flexibility index (Phi) is 5.74. The van der Waals surface area contributed by atoms with E-state index in [9.17, 15) is 9.90 Å². The van der Waals surface area contributed by atoms with E-state index in [4.69, 9.17) is 4.42 Å². The first-order valence-corrected chi connectivity index (χ1v) is 9.19. The molecule has 1 N–H and O–H groups in total. The fraction of sp³-hybridized carbons (Fsp3) is 0.421. The fourth-order valence-electron chi connectivity index (χ4n) is 3.15. The quantitative estimate of drug-likeness (QED) is 0.841. The average molecular weight is 392 g/mol. The number of aryl methyl sites for hydroxylation is 1. The number of piperidine rings is 1. The number of hydrogen-bond acceptors (Lipinski definition) is 3. The van der Waals surface area contributed by atoms with Crippen LogP contribution >= 0.6 is 15.9 Å². The highest BCUT2D eigenvalue weighted by atomic mass is 79.9. The van der Waals surface area contributed by atoms with Gasteiger partial charge in [-0.1, -0.05) is 34.1 Å². The first kappa shape index (κ1) is 17.2. The zero-order valence-corrected chi connectivity index (χ0v) is 15.2. The van der Waals surface area contributed by atoms with E-state index in [1.165, 1.54) is 0 Å². The summed E-state index contributed by atoms with van der Waals surface area (Å²) in [5.74, 6) is 2.01. The monoisotopic (exact) mass is 391 g/mol. The van der Waals surface area contributed by atoms with Gasteiger partial charge in [0.1, 0.15) is 11.5 Å². The zero-order valence-electron chi connectivity index (χ0n) is 13.6. The summed E-state index contributed by atoms with van der Waals surface area (Å²) in [6.07, 6.45) is 3.03. The Morgan fingerprint density at radius 2 is 2.12 bits per heavy atom. The van der Waals surface area contributed by atoms with Crippen LogP contribution in [0, 0.1) is 5.92 Å². The zero-order chi connectivity index (χ0) is 16.9. The molecule has 1 fully saturated rings. The van der Waals surface area contributed by atoms with E-state index in [1.54, 1.807) is 0 Å². The molecule has 1 aliphatic rings. The number of hydrogen-bond donors (Lipinski definition) is 1. The van der Waals surface area contributed by atoms with E-state index in [0.717, 1.165) is 40.9 Å². The lowest BCUT2D eigenvalue weighted by Crippen LogP contribution is -2.41. The minimum atomic E-state index is 0.145. The molecule has 0 radical (unpaired) electrons. The molecule has 0 spiro atoms. The third kappa shape index (κ3) is 4.08. The molecule has 0 saturated carbocycles. The van der Waals surface area contributed by atoms with Gasteiger partial charge in [-0.05, 0) is 37.0 Å². The molecule has 1 saturated heterocycles. The molecule has 128 valence electrons. The van der Waals surface area contributed by atoms with Crippen molar-refractivity contribution in [2.75, 3.05) is 19.7 Å². The van der Waals surface area contributed by atoms with E-state index in [2.05, 4.69) is 15.9 Å². The second kappa shape index (κ2) is 7.99. The molecule has 0 bridgehead atoms. The van der Waals surface area contributed by atoms with Crippen LogP contribution in [0.2, 0.25) is 0 Å². The lowest BCUT2D eigenvalue weighted by atomic mass is 9.98. The van der Waals surface area contributed by atoms with Gasteiger partial charge in [0.25, 0.3) is 0 Å². The van der Waals surface area contributed by atoms with Gasteiger partial charge >= 0.3 is 0 Å². The third-order valence-corrected chi connectivity index (χ3v) is 5.21. The highest BCUT2D eigenvalue weighted by Gasteiger charge is 2.23.